The molecule has 0 aliphatic heterocycles. The molecule has 0 unspecified atom stereocenters. The van der Waals surface area contributed by atoms with Crippen molar-refractivity contribution in [2.24, 2.45) is 4.99 Å². The Hall–Kier alpha value is -2.81. The molecule has 0 fully saturated rings. The Morgan fingerprint density at radius 2 is 1.81 bits per heavy atom. The summed E-state index contributed by atoms with van der Waals surface area (Å²) < 4.78 is 11.0. The number of ether oxygens (including phenoxy) is 1. The van der Waals surface area contributed by atoms with Gasteiger partial charge in [-0.1, -0.05) is 24.3 Å². The Morgan fingerprint density at radius 3 is 2.52 bits per heavy atom. The van der Waals surface area contributed by atoms with Crippen LogP contribution in [0.2, 0.25) is 0 Å². The summed E-state index contributed by atoms with van der Waals surface area (Å²) in [5.41, 5.74) is 2.73. The monoisotopic (exact) mass is 277 g/mol. The van der Waals surface area contributed by atoms with Crippen LogP contribution in [-0.4, -0.2) is 13.3 Å². The Balaban J connectivity index is 1.99. The molecular formula is C18H15NO2. The fraction of sp³-hybridized carbons (Fsp3) is 0.0556. The van der Waals surface area contributed by atoms with Gasteiger partial charge in [-0.25, -0.2) is 0 Å². The highest BCUT2D eigenvalue weighted by Crippen LogP contribution is 2.32. The number of benzene rings is 2. The van der Waals surface area contributed by atoms with E-state index in [9.17, 15) is 0 Å². The van der Waals surface area contributed by atoms with Crippen LogP contribution in [0.4, 0.5) is 5.69 Å². The number of hydrogen-bond acceptors (Lipinski definition) is 3. The fourth-order valence-electron chi connectivity index (χ4n) is 2.17. The van der Waals surface area contributed by atoms with Crippen molar-refractivity contribution < 1.29 is 9.15 Å². The number of para-hydroxylation sites is 2. The van der Waals surface area contributed by atoms with E-state index in [0.717, 1.165) is 28.3 Å². The van der Waals surface area contributed by atoms with Crippen LogP contribution < -0.4 is 4.74 Å². The Morgan fingerprint density at radius 1 is 0.952 bits per heavy atom. The molecular weight excluding hydrogens is 262 g/mol. The second-order valence-electron chi connectivity index (χ2n) is 4.50. The first kappa shape index (κ1) is 13.2. The first-order valence-electron chi connectivity index (χ1n) is 6.68. The molecule has 0 aliphatic carbocycles. The Bertz CT molecular complexity index is 731. The molecule has 0 radical (unpaired) electrons. The molecule has 3 aromatic rings. The van der Waals surface area contributed by atoms with Crippen molar-refractivity contribution >= 4 is 11.9 Å². The first-order chi connectivity index (χ1) is 10.4. The average molecular weight is 277 g/mol. The number of furan rings is 1. The van der Waals surface area contributed by atoms with Crippen molar-refractivity contribution in [2.75, 3.05) is 7.11 Å². The standard InChI is InChI=1S/C18H15NO2/c1-20-18-14(13-19-15-8-3-2-4-9-15)7-5-10-16(18)17-11-6-12-21-17/h2-13H,1H3. The first-order valence-corrected chi connectivity index (χ1v) is 6.68. The van der Waals surface area contributed by atoms with Gasteiger partial charge in [-0.05, 0) is 36.4 Å². The van der Waals surface area contributed by atoms with Gasteiger partial charge in [-0.15, -0.1) is 0 Å². The molecule has 0 saturated heterocycles. The second-order valence-corrected chi connectivity index (χ2v) is 4.50. The molecule has 0 saturated carbocycles. The quantitative estimate of drug-likeness (QED) is 0.647. The van der Waals surface area contributed by atoms with Crippen LogP contribution in [0.15, 0.2) is 76.3 Å². The summed E-state index contributed by atoms with van der Waals surface area (Å²) in [6, 6.07) is 19.5. The zero-order valence-corrected chi connectivity index (χ0v) is 11.7. The molecule has 0 bridgehead atoms. The van der Waals surface area contributed by atoms with Gasteiger partial charge in [0.15, 0.2) is 0 Å². The van der Waals surface area contributed by atoms with Crippen molar-refractivity contribution in [2.45, 2.75) is 0 Å². The number of aliphatic imine (C=N–C) groups is 1. The third-order valence-electron chi connectivity index (χ3n) is 3.15. The fourth-order valence-corrected chi connectivity index (χ4v) is 2.17. The van der Waals surface area contributed by atoms with E-state index >= 15 is 0 Å². The minimum atomic E-state index is 0.757. The SMILES string of the molecule is COc1c(C=Nc2ccccc2)cccc1-c1ccco1. The van der Waals surface area contributed by atoms with Gasteiger partial charge in [0.2, 0.25) is 0 Å². The summed E-state index contributed by atoms with van der Waals surface area (Å²) in [5, 5.41) is 0. The van der Waals surface area contributed by atoms with Crippen LogP contribution in [0.5, 0.6) is 5.75 Å². The Kier molecular flexibility index (Phi) is 3.83. The van der Waals surface area contributed by atoms with Crippen LogP contribution in [-0.2, 0) is 0 Å². The highest BCUT2D eigenvalue weighted by atomic mass is 16.5. The lowest BCUT2D eigenvalue weighted by atomic mass is 10.1. The molecule has 1 heterocycles. The molecule has 0 atom stereocenters. The third kappa shape index (κ3) is 2.87. The van der Waals surface area contributed by atoms with Crippen molar-refractivity contribution in [3.05, 3.63) is 72.5 Å². The summed E-state index contributed by atoms with van der Waals surface area (Å²) in [7, 11) is 1.65. The maximum absolute atomic E-state index is 5.54. The summed E-state index contributed by atoms with van der Waals surface area (Å²) in [6.45, 7) is 0. The van der Waals surface area contributed by atoms with E-state index in [1.54, 1.807) is 19.6 Å². The van der Waals surface area contributed by atoms with E-state index in [4.69, 9.17) is 9.15 Å². The topological polar surface area (TPSA) is 34.7 Å². The lowest BCUT2D eigenvalue weighted by molar-refractivity contribution is 0.414. The molecule has 0 aliphatic rings. The van der Waals surface area contributed by atoms with E-state index < -0.39 is 0 Å². The van der Waals surface area contributed by atoms with Crippen molar-refractivity contribution in [3.8, 4) is 17.1 Å². The largest absolute Gasteiger partial charge is 0.495 e. The normalized spacial score (nSPS) is 10.9. The predicted molar refractivity (Wildman–Crippen MR) is 84.4 cm³/mol. The zero-order valence-electron chi connectivity index (χ0n) is 11.7. The lowest BCUT2D eigenvalue weighted by Gasteiger charge is -2.09. The molecule has 21 heavy (non-hydrogen) atoms. The van der Waals surface area contributed by atoms with E-state index in [1.165, 1.54) is 0 Å². The molecule has 0 N–H and O–H groups in total. The highest BCUT2D eigenvalue weighted by molar-refractivity contribution is 5.89. The van der Waals surface area contributed by atoms with Gasteiger partial charge >= 0.3 is 0 Å². The van der Waals surface area contributed by atoms with Crippen LogP contribution in [0.25, 0.3) is 11.3 Å². The predicted octanol–water partition coefficient (Wildman–Crippen LogP) is 4.71. The molecule has 2 aromatic carbocycles. The average Bonchev–Trinajstić information content (AvgIpc) is 3.07. The minimum absolute atomic E-state index is 0.757. The molecule has 0 spiro atoms. The third-order valence-corrected chi connectivity index (χ3v) is 3.15. The van der Waals surface area contributed by atoms with Gasteiger partial charge in [0.25, 0.3) is 0 Å². The lowest BCUT2D eigenvalue weighted by Crippen LogP contribution is -1.93. The van der Waals surface area contributed by atoms with Crippen LogP contribution in [0.1, 0.15) is 5.56 Å². The van der Waals surface area contributed by atoms with E-state index in [1.807, 2.05) is 60.7 Å². The Labute approximate surface area is 123 Å². The molecule has 0 amide bonds. The maximum atomic E-state index is 5.54. The van der Waals surface area contributed by atoms with Crippen LogP contribution in [0, 0.1) is 0 Å². The molecule has 1 aromatic heterocycles. The summed E-state index contributed by atoms with van der Waals surface area (Å²) in [6.07, 6.45) is 3.46. The summed E-state index contributed by atoms with van der Waals surface area (Å²) in [4.78, 5) is 4.47. The zero-order chi connectivity index (χ0) is 14.5. The highest BCUT2D eigenvalue weighted by Gasteiger charge is 2.11. The van der Waals surface area contributed by atoms with Crippen LogP contribution >= 0.6 is 0 Å². The van der Waals surface area contributed by atoms with E-state index in [2.05, 4.69) is 4.99 Å². The smallest absolute Gasteiger partial charge is 0.138 e. The van der Waals surface area contributed by atoms with E-state index in [-0.39, 0.29) is 0 Å². The van der Waals surface area contributed by atoms with Gasteiger partial charge < -0.3 is 9.15 Å². The maximum Gasteiger partial charge on any atom is 0.138 e. The van der Waals surface area contributed by atoms with Gasteiger partial charge in [0.1, 0.15) is 11.5 Å². The van der Waals surface area contributed by atoms with Gasteiger partial charge in [0.05, 0.1) is 24.6 Å². The molecule has 3 heteroatoms. The summed E-state index contributed by atoms with van der Waals surface area (Å²) >= 11 is 0. The summed E-state index contributed by atoms with van der Waals surface area (Å²) in [5.74, 6) is 1.54. The van der Waals surface area contributed by atoms with E-state index in [0.29, 0.717) is 0 Å². The van der Waals surface area contributed by atoms with Crippen LogP contribution in [0.3, 0.4) is 0 Å². The number of hydrogen-bond donors (Lipinski definition) is 0. The van der Waals surface area contributed by atoms with Gasteiger partial charge in [-0.3, -0.25) is 4.99 Å². The number of methoxy groups -OCH3 is 1. The van der Waals surface area contributed by atoms with Crippen molar-refractivity contribution in [1.82, 2.24) is 0 Å². The van der Waals surface area contributed by atoms with Gasteiger partial charge in [-0.2, -0.15) is 0 Å². The number of nitrogens with zero attached hydrogens (tertiary/aromatic N) is 1. The second kappa shape index (κ2) is 6.09. The number of rotatable bonds is 4. The van der Waals surface area contributed by atoms with Gasteiger partial charge in [0, 0.05) is 11.8 Å². The minimum Gasteiger partial charge on any atom is -0.495 e. The molecule has 3 nitrogen and oxygen atoms in total. The van der Waals surface area contributed by atoms with Crippen molar-refractivity contribution in [1.29, 1.82) is 0 Å². The van der Waals surface area contributed by atoms with Crippen molar-refractivity contribution in [3.63, 3.8) is 0 Å². The molecule has 104 valence electrons. The molecule has 3 rings (SSSR count).